The van der Waals surface area contributed by atoms with Crippen LogP contribution < -0.4 is 0 Å². The lowest BCUT2D eigenvalue weighted by Gasteiger charge is -2.33. The van der Waals surface area contributed by atoms with Crippen molar-refractivity contribution in [3.8, 4) is 0 Å². The van der Waals surface area contributed by atoms with Gasteiger partial charge in [0.05, 0.1) is 19.1 Å². The molecule has 0 unspecified atom stereocenters. The maximum Gasteiger partial charge on any atom is 0.227 e. The van der Waals surface area contributed by atoms with Crippen LogP contribution in [0, 0.1) is 0 Å². The van der Waals surface area contributed by atoms with Crippen LogP contribution in [0.5, 0.6) is 0 Å². The highest BCUT2D eigenvalue weighted by atomic mass is 16.5. The lowest BCUT2D eigenvalue weighted by atomic mass is 10.1. The fourth-order valence-corrected chi connectivity index (χ4v) is 3.53. The summed E-state index contributed by atoms with van der Waals surface area (Å²) in [5.41, 5.74) is 3.15. The van der Waals surface area contributed by atoms with Crippen LogP contribution in [-0.4, -0.2) is 46.6 Å². The Labute approximate surface area is 153 Å². The van der Waals surface area contributed by atoms with E-state index >= 15 is 0 Å². The van der Waals surface area contributed by atoms with Crippen LogP contribution >= 0.6 is 0 Å². The zero-order valence-corrected chi connectivity index (χ0v) is 14.7. The maximum atomic E-state index is 12.8. The van der Waals surface area contributed by atoms with E-state index in [9.17, 15) is 4.79 Å². The summed E-state index contributed by atoms with van der Waals surface area (Å²) in [5, 5.41) is 1.02. The number of hydrogen-bond donors (Lipinski definition) is 1. The number of aryl methyl sites for hydroxylation is 1. The predicted octanol–water partition coefficient (Wildman–Crippen LogP) is 2.97. The van der Waals surface area contributed by atoms with Gasteiger partial charge in [-0.1, -0.05) is 30.3 Å². The molecule has 1 aromatic carbocycles. The first-order chi connectivity index (χ1) is 12.8. The van der Waals surface area contributed by atoms with E-state index in [-0.39, 0.29) is 12.0 Å². The van der Waals surface area contributed by atoms with Crippen molar-refractivity contribution in [1.29, 1.82) is 0 Å². The summed E-state index contributed by atoms with van der Waals surface area (Å²) < 4.78 is 5.88. The van der Waals surface area contributed by atoms with Gasteiger partial charge in [0.25, 0.3) is 0 Å². The summed E-state index contributed by atoms with van der Waals surface area (Å²) in [4.78, 5) is 22.1. The summed E-state index contributed by atoms with van der Waals surface area (Å²) >= 11 is 0. The van der Waals surface area contributed by atoms with Crippen molar-refractivity contribution in [3.05, 3.63) is 66.0 Å². The SMILES string of the molecule is O=C(Cc1c[nH]c2ncccc12)N1CCO[C@H](CCc2ccccc2)C1. The van der Waals surface area contributed by atoms with E-state index in [0.29, 0.717) is 26.1 Å². The van der Waals surface area contributed by atoms with Gasteiger partial charge in [0.15, 0.2) is 0 Å². The van der Waals surface area contributed by atoms with E-state index in [4.69, 9.17) is 4.74 Å². The van der Waals surface area contributed by atoms with Crippen LogP contribution in [0.3, 0.4) is 0 Å². The molecule has 1 amide bonds. The van der Waals surface area contributed by atoms with Gasteiger partial charge in [-0.05, 0) is 36.1 Å². The first-order valence-corrected chi connectivity index (χ1v) is 9.14. The van der Waals surface area contributed by atoms with E-state index in [1.165, 1.54) is 5.56 Å². The number of pyridine rings is 1. The van der Waals surface area contributed by atoms with Crippen molar-refractivity contribution in [2.75, 3.05) is 19.7 Å². The number of fused-ring (bicyclic) bond motifs is 1. The molecule has 134 valence electrons. The summed E-state index contributed by atoms with van der Waals surface area (Å²) in [5.74, 6) is 0.155. The zero-order chi connectivity index (χ0) is 17.8. The van der Waals surface area contributed by atoms with E-state index in [1.807, 2.05) is 29.3 Å². The Balaban J connectivity index is 1.35. The molecule has 0 bridgehead atoms. The fourth-order valence-electron chi connectivity index (χ4n) is 3.53. The average molecular weight is 349 g/mol. The van der Waals surface area contributed by atoms with Crippen molar-refractivity contribution in [3.63, 3.8) is 0 Å². The van der Waals surface area contributed by atoms with Gasteiger partial charge in [-0.25, -0.2) is 4.98 Å². The molecule has 3 aromatic rings. The van der Waals surface area contributed by atoms with Crippen molar-refractivity contribution in [2.45, 2.75) is 25.4 Å². The second-order valence-electron chi connectivity index (χ2n) is 6.75. The normalized spacial score (nSPS) is 17.5. The number of morpholine rings is 1. The molecule has 5 heteroatoms. The summed E-state index contributed by atoms with van der Waals surface area (Å²) in [6, 6.07) is 14.3. The van der Waals surface area contributed by atoms with Gasteiger partial charge >= 0.3 is 0 Å². The number of aromatic nitrogens is 2. The Bertz CT molecular complexity index is 875. The Morgan fingerprint density at radius 1 is 1.23 bits per heavy atom. The van der Waals surface area contributed by atoms with Gasteiger partial charge in [-0.2, -0.15) is 0 Å². The molecule has 1 N–H and O–H groups in total. The molecule has 1 aliphatic heterocycles. The van der Waals surface area contributed by atoms with E-state index < -0.39 is 0 Å². The first-order valence-electron chi connectivity index (χ1n) is 9.14. The predicted molar refractivity (Wildman–Crippen MR) is 101 cm³/mol. The zero-order valence-electron chi connectivity index (χ0n) is 14.7. The molecule has 0 radical (unpaired) electrons. The van der Waals surface area contributed by atoms with E-state index in [1.54, 1.807) is 6.20 Å². The molecular formula is C21H23N3O2. The van der Waals surface area contributed by atoms with E-state index in [2.05, 4.69) is 34.2 Å². The molecule has 26 heavy (non-hydrogen) atoms. The number of rotatable bonds is 5. The third kappa shape index (κ3) is 3.78. The summed E-state index contributed by atoms with van der Waals surface area (Å²) in [6.07, 6.45) is 6.06. The van der Waals surface area contributed by atoms with Crippen molar-refractivity contribution < 1.29 is 9.53 Å². The second-order valence-corrected chi connectivity index (χ2v) is 6.75. The number of benzene rings is 1. The topological polar surface area (TPSA) is 58.2 Å². The van der Waals surface area contributed by atoms with Gasteiger partial charge in [0.1, 0.15) is 5.65 Å². The van der Waals surface area contributed by atoms with Crippen LogP contribution in [0.2, 0.25) is 0 Å². The quantitative estimate of drug-likeness (QED) is 0.770. The van der Waals surface area contributed by atoms with Gasteiger partial charge < -0.3 is 14.6 Å². The van der Waals surface area contributed by atoms with Crippen molar-refractivity contribution >= 4 is 16.9 Å². The van der Waals surface area contributed by atoms with Crippen LogP contribution in [-0.2, 0) is 22.4 Å². The molecule has 1 atom stereocenters. The highest BCUT2D eigenvalue weighted by molar-refractivity contribution is 5.87. The lowest BCUT2D eigenvalue weighted by molar-refractivity contribution is -0.138. The summed E-state index contributed by atoms with van der Waals surface area (Å²) in [6.45, 7) is 1.95. The number of H-pyrrole nitrogens is 1. The van der Waals surface area contributed by atoms with Gasteiger partial charge in [-0.3, -0.25) is 4.79 Å². The van der Waals surface area contributed by atoms with Crippen molar-refractivity contribution in [2.24, 2.45) is 0 Å². The first kappa shape index (κ1) is 16.8. The Morgan fingerprint density at radius 3 is 3.00 bits per heavy atom. The number of hydrogen-bond acceptors (Lipinski definition) is 3. The number of nitrogens with one attached hydrogen (secondary N) is 1. The molecule has 0 saturated carbocycles. The monoisotopic (exact) mass is 349 g/mol. The van der Waals surface area contributed by atoms with Crippen LogP contribution in [0.4, 0.5) is 0 Å². The van der Waals surface area contributed by atoms with Crippen molar-refractivity contribution in [1.82, 2.24) is 14.9 Å². The average Bonchev–Trinajstić information content (AvgIpc) is 3.10. The Kier molecular flexibility index (Phi) is 4.97. The number of ether oxygens (including phenoxy) is 1. The molecule has 0 spiro atoms. The third-order valence-corrected chi connectivity index (χ3v) is 4.97. The minimum absolute atomic E-state index is 0.109. The number of amides is 1. The number of aromatic amines is 1. The Hall–Kier alpha value is -2.66. The van der Waals surface area contributed by atoms with Gasteiger partial charge in [0, 0.05) is 30.9 Å². The van der Waals surface area contributed by atoms with Crippen LogP contribution in [0.15, 0.2) is 54.9 Å². The number of nitrogens with zero attached hydrogens (tertiary/aromatic N) is 2. The second kappa shape index (κ2) is 7.70. The molecule has 1 aliphatic rings. The molecule has 2 aromatic heterocycles. The van der Waals surface area contributed by atoms with E-state index in [0.717, 1.165) is 29.4 Å². The smallest absolute Gasteiger partial charge is 0.227 e. The lowest BCUT2D eigenvalue weighted by Crippen LogP contribution is -2.46. The minimum atomic E-state index is 0.109. The minimum Gasteiger partial charge on any atom is -0.375 e. The fraction of sp³-hybridized carbons (Fsp3) is 0.333. The molecule has 1 saturated heterocycles. The maximum absolute atomic E-state index is 12.8. The molecule has 5 nitrogen and oxygen atoms in total. The summed E-state index contributed by atoms with van der Waals surface area (Å²) in [7, 11) is 0. The largest absolute Gasteiger partial charge is 0.375 e. The molecule has 0 aliphatic carbocycles. The standard InChI is InChI=1S/C21H23N3O2/c25-20(13-17-14-23-21-19(17)7-4-10-22-21)24-11-12-26-18(15-24)9-8-16-5-2-1-3-6-16/h1-7,10,14,18H,8-9,11-13,15H2,(H,22,23)/t18-/m1/s1. The van der Waals surface area contributed by atoms with Crippen LogP contribution in [0.25, 0.3) is 11.0 Å². The highest BCUT2D eigenvalue weighted by Crippen LogP contribution is 2.18. The Morgan fingerprint density at radius 2 is 2.12 bits per heavy atom. The van der Waals surface area contributed by atoms with Crippen LogP contribution in [0.1, 0.15) is 17.5 Å². The molecule has 4 rings (SSSR count). The molecular weight excluding hydrogens is 326 g/mol. The third-order valence-electron chi connectivity index (χ3n) is 4.97. The molecule has 1 fully saturated rings. The number of carbonyl (C=O) groups is 1. The van der Waals surface area contributed by atoms with Gasteiger partial charge in [0.2, 0.25) is 5.91 Å². The van der Waals surface area contributed by atoms with Gasteiger partial charge in [-0.15, -0.1) is 0 Å². The molecule has 3 heterocycles. The number of carbonyl (C=O) groups excluding carboxylic acids is 1. The highest BCUT2D eigenvalue weighted by Gasteiger charge is 2.24.